The molecule has 2 heteroatoms. The Bertz CT molecular complexity index is 341. The third kappa shape index (κ3) is 2.78. The fourth-order valence-electron chi connectivity index (χ4n) is 1.82. The molecular formula is C13H22N2. The topological polar surface area (TPSA) is 16.1 Å². The van der Waals surface area contributed by atoms with E-state index in [1.54, 1.807) is 0 Å². The van der Waals surface area contributed by atoms with Crippen molar-refractivity contribution in [2.24, 2.45) is 0 Å². The zero-order valence-electron chi connectivity index (χ0n) is 10.8. The molecule has 1 aromatic heterocycles. The van der Waals surface area contributed by atoms with Crippen LogP contribution in [0, 0.1) is 13.8 Å². The smallest absolute Gasteiger partial charge is 0.0575 e. The maximum absolute atomic E-state index is 4.56. The van der Waals surface area contributed by atoms with Gasteiger partial charge in [0.15, 0.2) is 0 Å². The molecule has 0 unspecified atom stereocenters. The molecule has 0 aliphatic rings. The molecule has 15 heavy (non-hydrogen) atoms. The van der Waals surface area contributed by atoms with Crippen LogP contribution in [-0.2, 0) is 6.54 Å². The minimum absolute atomic E-state index is 0.560. The van der Waals surface area contributed by atoms with Crippen LogP contribution in [-0.4, -0.2) is 24.0 Å². The van der Waals surface area contributed by atoms with Crippen LogP contribution in [0.25, 0.3) is 0 Å². The number of pyridine rings is 1. The van der Waals surface area contributed by atoms with Crippen LogP contribution in [0.15, 0.2) is 6.20 Å². The van der Waals surface area contributed by atoms with Gasteiger partial charge in [0.1, 0.15) is 0 Å². The lowest BCUT2D eigenvalue weighted by atomic mass is 9.96. The lowest BCUT2D eigenvalue weighted by Gasteiger charge is -2.17. The van der Waals surface area contributed by atoms with Crippen molar-refractivity contribution in [3.63, 3.8) is 0 Å². The van der Waals surface area contributed by atoms with Gasteiger partial charge in [-0.15, -0.1) is 0 Å². The molecule has 0 atom stereocenters. The second-order valence-corrected chi connectivity index (χ2v) is 4.80. The summed E-state index contributed by atoms with van der Waals surface area (Å²) in [5.41, 5.74) is 5.31. The summed E-state index contributed by atoms with van der Waals surface area (Å²) < 4.78 is 0. The van der Waals surface area contributed by atoms with E-state index in [4.69, 9.17) is 0 Å². The molecule has 0 aliphatic carbocycles. The van der Waals surface area contributed by atoms with Crippen molar-refractivity contribution in [3.8, 4) is 0 Å². The van der Waals surface area contributed by atoms with E-state index >= 15 is 0 Å². The van der Waals surface area contributed by atoms with Crippen molar-refractivity contribution >= 4 is 0 Å². The second-order valence-electron chi connectivity index (χ2n) is 4.80. The van der Waals surface area contributed by atoms with Crippen molar-refractivity contribution in [1.29, 1.82) is 0 Å². The first-order valence-electron chi connectivity index (χ1n) is 5.53. The maximum atomic E-state index is 4.56. The van der Waals surface area contributed by atoms with Crippen molar-refractivity contribution in [2.45, 2.75) is 40.2 Å². The molecule has 2 nitrogen and oxygen atoms in total. The summed E-state index contributed by atoms with van der Waals surface area (Å²) in [6, 6.07) is 0. The standard InChI is InChI=1S/C13H22N2/c1-9(2)12-7-14-13(8-15(5)6)11(4)10(12)3/h7,9H,8H2,1-6H3. The third-order valence-electron chi connectivity index (χ3n) is 2.88. The summed E-state index contributed by atoms with van der Waals surface area (Å²) >= 11 is 0. The maximum Gasteiger partial charge on any atom is 0.0575 e. The van der Waals surface area contributed by atoms with E-state index in [1.165, 1.54) is 22.4 Å². The molecule has 84 valence electrons. The molecule has 0 aromatic carbocycles. The number of nitrogens with zero attached hydrogens (tertiary/aromatic N) is 2. The Morgan fingerprint density at radius 2 is 1.80 bits per heavy atom. The highest BCUT2D eigenvalue weighted by Gasteiger charge is 2.10. The largest absolute Gasteiger partial charge is 0.304 e. The number of rotatable bonds is 3. The van der Waals surface area contributed by atoms with Crippen LogP contribution in [0.1, 0.15) is 42.1 Å². The fraction of sp³-hybridized carbons (Fsp3) is 0.615. The zero-order valence-corrected chi connectivity index (χ0v) is 10.8. The molecular weight excluding hydrogens is 184 g/mol. The van der Waals surface area contributed by atoms with Gasteiger partial charge in [-0.3, -0.25) is 4.98 Å². The lowest BCUT2D eigenvalue weighted by molar-refractivity contribution is 0.395. The van der Waals surface area contributed by atoms with Crippen LogP contribution in [0.2, 0.25) is 0 Å². The average Bonchev–Trinajstić information content (AvgIpc) is 2.12. The minimum atomic E-state index is 0.560. The van der Waals surface area contributed by atoms with Gasteiger partial charge in [-0.05, 0) is 50.6 Å². The highest BCUT2D eigenvalue weighted by molar-refractivity contribution is 5.36. The molecule has 0 spiro atoms. The number of hydrogen-bond donors (Lipinski definition) is 0. The summed E-state index contributed by atoms with van der Waals surface area (Å²) in [6.07, 6.45) is 2.03. The van der Waals surface area contributed by atoms with Gasteiger partial charge >= 0.3 is 0 Å². The summed E-state index contributed by atoms with van der Waals surface area (Å²) in [5.74, 6) is 0.560. The Morgan fingerprint density at radius 3 is 2.27 bits per heavy atom. The van der Waals surface area contributed by atoms with Gasteiger partial charge in [-0.25, -0.2) is 0 Å². The summed E-state index contributed by atoms with van der Waals surface area (Å²) in [7, 11) is 4.15. The average molecular weight is 206 g/mol. The van der Waals surface area contributed by atoms with E-state index in [0.29, 0.717) is 5.92 Å². The zero-order chi connectivity index (χ0) is 11.6. The molecule has 0 N–H and O–H groups in total. The van der Waals surface area contributed by atoms with Crippen molar-refractivity contribution in [1.82, 2.24) is 9.88 Å². The molecule has 0 aliphatic heterocycles. The Labute approximate surface area is 93.3 Å². The number of hydrogen-bond acceptors (Lipinski definition) is 2. The predicted octanol–water partition coefficient (Wildman–Crippen LogP) is 2.88. The van der Waals surface area contributed by atoms with Gasteiger partial charge in [0, 0.05) is 12.7 Å². The number of aromatic nitrogens is 1. The molecule has 1 heterocycles. The first kappa shape index (κ1) is 12.2. The lowest BCUT2D eigenvalue weighted by Crippen LogP contribution is -2.14. The molecule has 1 aromatic rings. The van der Waals surface area contributed by atoms with E-state index in [9.17, 15) is 0 Å². The Balaban J connectivity index is 3.10. The second kappa shape index (κ2) is 4.75. The SMILES string of the molecule is Cc1c(C(C)C)cnc(CN(C)C)c1C. The summed E-state index contributed by atoms with van der Waals surface area (Å²) in [6.45, 7) is 9.73. The van der Waals surface area contributed by atoms with Crippen LogP contribution in [0.4, 0.5) is 0 Å². The van der Waals surface area contributed by atoms with Gasteiger partial charge in [0.2, 0.25) is 0 Å². The molecule has 1 rings (SSSR count). The Hall–Kier alpha value is -0.890. The van der Waals surface area contributed by atoms with Gasteiger partial charge in [0.25, 0.3) is 0 Å². The normalized spacial score (nSPS) is 11.5. The third-order valence-corrected chi connectivity index (χ3v) is 2.88. The van der Waals surface area contributed by atoms with Gasteiger partial charge < -0.3 is 4.90 Å². The van der Waals surface area contributed by atoms with E-state index in [1.807, 2.05) is 6.20 Å². The van der Waals surface area contributed by atoms with Crippen LogP contribution in [0.3, 0.4) is 0 Å². The monoisotopic (exact) mass is 206 g/mol. The Kier molecular flexibility index (Phi) is 3.86. The highest BCUT2D eigenvalue weighted by atomic mass is 15.1. The summed E-state index contributed by atoms with van der Waals surface area (Å²) in [5, 5.41) is 0. The van der Waals surface area contributed by atoms with Crippen molar-refractivity contribution < 1.29 is 0 Å². The van der Waals surface area contributed by atoms with E-state index in [0.717, 1.165) is 6.54 Å². The minimum Gasteiger partial charge on any atom is -0.304 e. The highest BCUT2D eigenvalue weighted by Crippen LogP contribution is 2.22. The quantitative estimate of drug-likeness (QED) is 0.756. The van der Waals surface area contributed by atoms with Crippen LogP contribution >= 0.6 is 0 Å². The summed E-state index contributed by atoms with van der Waals surface area (Å²) in [4.78, 5) is 6.72. The van der Waals surface area contributed by atoms with Crippen LogP contribution in [0.5, 0.6) is 0 Å². The molecule has 0 saturated carbocycles. The Morgan fingerprint density at radius 1 is 1.20 bits per heavy atom. The van der Waals surface area contributed by atoms with E-state index < -0.39 is 0 Å². The molecule has 0 saturated heterocycles. The first-order chi connectivity index (χ1) is 6.93. The first-order valence-corrected chi connectivity index (χ1v) is 5.53. The van der Waals surface area contributed by atoms with E-state index in [-0.39, 0.29) is 0 Å². The molecule has 0 fully saturated rings. The van der Waals surface area contributed by atoms with Gasteiger partial charge in [0.05, 0.1) is 5.69 Å². The molecule has 0 radical (unpaired) electrons. The van der Waals surface area contributed by atoms with Gasteiger partial charge in [-0.1, -0.05) is 13.8 Å². The predicted molar refractivity (Wildman–Crippen MR) is 65.2 cm³/mol. The molecule has 0 bridgehead atoms. The van der Waals surface area contributed by atoms with Crippen LogP contribution < -0.4 is 0 Å². The van der Waals surface area contributed by atoms with Gasteiger partial charge in [-0.2, -0.15) is 0 Å². The fourth-order valence-corrected chi connectivity index (χ4v) is 1.82. The van der Waals surface area contributed by atoms with Crippen molar-refractivity contribution in [3.05, 3.63) is 28.6 Å². The molecule has 0 amide bonds. The van der Waals surface area contributed by atoms with E-state index in [2.05, 4.69) is 51.7 Å². The van der Waals surface area contributed by atoms with Crippen molar-refractivity contribution in [2.75, 3.05) is 14.1 Å².